The normalized spacial score (nSPS) is 12.9. The Morgan fingerprint density at radius 2 is 1.78 bits per heavy atom. The van der Waals surface area contributed by atoms with Crippen molar-refractivity contribution in [2.24, 2.45) is 0 Å². The van der Waals surface area contributed by atoms with Crippen LogP contribution in [0.5, 0.6) is 0 Å². The fourth-order valence-corrected chi connectivity index (χ4v) is 2.85. The molecule has 0 radical (unpaired) electrons. The molecule has 5 nitrogen and oxygen atoms in total. The van der Waals surface area contributed by atoms with E-state index in [0.717, 1.165) is 11.1 Å². The molecule has 112 valence electrons. The Bertz CT molecular complexity index is 942. The van der Waals surface area contributed by atoms with Crippen molar-refractivity contribution in [1.82, 2.24) is 14.5 Å². The molecule has 0 saturated carbocycles. The number of aromatic nitrogens is 3. The SMILES string of the molecule is Cc1cnc2c(c1)C(=O)c1c(ncn1Cc1ccccc1)C2=O. The van der Waals surface area contributed by atoms with Gasteiger partial charge in [-0.05, 0) is 24.1 Å². The van der Waals surface area contributed by atoms with Gasteiger partial charge in [0.2, 0.25) is 11.6 Å². The van der Waals surface area contributed by atoms with Crippen LogP contribution < -0.4 is 0 Å². The molecular formula is C18H13N3O2. The number of hydrogen-bond acceptors (Lipinski definition) is 4. The van der Waals surface area contributed by atoms with Gasteiger partial charge in [-0.2, -0.15) is 0 Å². The Labute approximate surface area is 132 Å². The van der Waals surface area contributed by atoms with Gasteiger partial charge in [-0.15, -0.1) is 0 Å². The summed E-state index contributed by atoms with van der Waals surface area (Å²) >= 11 is 0. The fraction of sp³-hybridized carbons (Fsp3) is 0.111. The van der Waals surface area contributed by atoms with Crippen LogP contribution in [0, 0.1) is 6.92 Å². The van der Waals surface area contributed by atoms with Crippen LogP contribution in [0.15, 0.2) is 48.9 Å². The summed E-state index contributed by atoms with van der Waals surface area (Å²) in [5, 5.41) is 0. The Balaban J connectivity index is 1.83. The van der Waals surface area contributed by atoms with Gasteiger partial charge in [0.1, 0.15) is 17.1 Å². The molecule has 0 bridgehead atoms. The zero-order valence-corrected chi connectivity index (χ0v) is 12.5. The van der Waals surface area contributed by atoms with Crippen LogP contribution in [-0.4, -0.2) is 26.1 Å². The number of pyridine rings is 1. The molecular weight excluding hydrogens is 290 g/mol. The lowest BCUT2D eigenvalue weighted by Crippen LogP contribution is -2.24. The molecule has 0 amide bonds. The molecule has 3 aromatic rings. The van der Waals surface area contributed by atoms with E-state index in [1.54, 1.807) is 23.2 Å². The number of carbonyl (C=O) groups is 2. The number of benzene rings is 1. The van der Waals surface area contributed by atoms with Gasteiger partial charge in [-0.3, -0.25) is 14.6 Å². The highest BCUT2D eigenvalue weighted by Gasteiger charge is 2.35. The topological polar surface area (TPSA) is 64.8 Å². The molecule has 23 heavy (non-hydrogen) atoms. The molecule has 0 N–H and O–H groups in total. The summed E-state index contributed by atoms with van der Waals surface area (Å²) in [6, 6.07) is 11.5. The number of ketones is 2. The highest BCUT2D eigenvalue weighted by Crippen LogP contribution is 2.26. The van der Waals surface area contributed by atoms with Crippen LogP contribution in [0.1, 0.15) is 43.4 Å². The lowest BCUT2D eigenvalue weighted by atomic mass is 9.93. The van der Waals surface area contributed by atoms with Crippen molar-refractivity contribution in [1.29, 1.82) is 0 Å². The summed E-state index contributed by atoms with van der Waals surface area (Å²) in [7, 11) is 0. The maximum absolute atomic E-state index is 12.8. The first-order valence-corrected chi connectivity index (χ1v) is 7.30. The van der Waals surface area contributed by atoms with Crippen molar-refractivity contribution in [3.63, 3.8) is 0 Å². The van der Waals surface area contributed by atoms with E-state index in [1.165, 1.54) is 0 Å². The largest absolute Gasteiger partial charge is 0.323 e. The van der Waals surface area contributed by atoms with Gasteiger partial charge >= 0.3 is 0 Å². The maximum Gasteiger partial charge on any atom is 0.232 e. The van der Waals surface area contributed by atoms with E-state index in [0.29, 0.717) is 17.8 Å². The van der Waals surface area contributed by atoms with Crippen LogP contribution >= 0.6 is 0 Å². The molecule has 5 heteroatoms. The minimum Gasteiger partial charge on any atom is -0.323 e. The van der Waals surface area contributed by atoms with Crippen molar-refractivity contribution < 1.29 is 9.59 Å². The first kappa shape index (κ1) is 13.6. The van der Waals surface area contributed by atoms with Crippen molar-refractivity contribution >= 4 is 11.6 Å². The molecule has 0 unspecified atom stereocenters. The molecule has 2 aromatic heterocycles. The number of fused-ring (bicyclic) bond motifs is 2. The van der Waals surface area contributed by atoms with E-state index in [4.69, 9.17) is 0 Å². The third kappa shape index (κ3) is 2.09. The van der Waals surface area contributed by atoms with Gasteiger partial charge in [0.05, 0.1) is 11.9 Å². The van der Waals surface area contributed by atoms with E-state index in [2.05, 4.69) is 9.97 Å². The standard InChI is InChI=1S/C18H13N3O2/c1-11-7-13-14(19-8-11)18(23)15-16(17(13)22)21(10-20-15)9-12-5-3-2-4-6-12/h2-8,10H,9H2,1H3. The summed E-state index contributed by atoms with van der Waals surface area (Å²) in [5.74, 6) is -0.486. The summed E-state index contributed by atoms with van der Waals surface area (Å²) in [5.41, 5.74) is 2.98. The molecule has 4 rings (SSSR count). The van der Waals surface area contributed by atoms with E-state index >= 15 is 0 Å². The van der Waals surface area contributed by atoms with Gasteiger partial charge < -0.3 is 4.57 Å². The number of hydrogen-bond donors (Lipinski definition) is 0. The van der Waals surface area contributed by atoms with Crippen molar-refractivity contribution in [3.05, 3.63) is 82.7 Å². The van der Waals surface area contributed by atoms with Crippen molar-refractivity contribution in [3.8, 4) is 0 Å². The van der Waals surface area contributed by atoms with E-state index < -0.39 is 0 Å². The highest BCUT2D eigenvalue weighted by molar-refractivity contribution is 6.26. The second-order valence-corrected chi connectivity index (χ2v) is 5.62. The van der Waals surface area contributed by atoms with E-state index in [1.807, 2.05) is 37.3 Å². The number of rotatable bonds is 2. The van der Waals surface area contributed by atoms with Gasteiger partial charge in [0.25, 0.3) is 0 Å². The Hall–Kier alpha value is -3.08. The molecule has 2 heterocycles. The molecule has 0 fully saturated rings. The van der Waals surface area contributed by atoms with Crippen LogP contribution in [0.2, 0.25) is 0 Å². The fourth-order valence-electron chi connectivity index (χ4n) is 2.85. The number of aryl methyl sites for hydroxylation is 1. The van der Waals surface area contributed by atoms with Gasteiger partial charge in [0, 0.05) is 12.7 Å². The molecule has 0 atom stereocenters. The average molecular weight is 303 g/mol. The zero-order chi connectivity index (χ0) is 16.0. The Morgan fingerprint density at radius 3 is 2.57 bits per heavy atom. The summed E-state index contributed by atoms with van der Waals surface area (Å²) in [6.45, 7) is 2.35. The zero-order valence-electron chi connectivity index (χ0n) is 12.5. The van der Waals surface area contributed by atoms with Crippen LogP contribution in [0.3, 0.4) is 0 Å². The summed E-state index contributed by atoms with van der Waals surface area (Å²) < 4.78 is 1.73. The third-order valence-electron chi connectivity index (χ3n) is 3.95. The van der Waals surface area contributed by atoms with Gasteiger partial charge in [-0.1, -0.05) is 30.3 Å². The van der Waals surface area contributed by atoms with Crippen LogP contribution in [0.25, 0.3) is 0 Å². The Morgan fingerprint density at radius 1 is 1.00 bits per heavy atom. The van der Waals surface area contributed by atoms with Gasteiger partial charge in [-0.25, -0.2) is 4.98 Å². The number of carbonyl (C=O) groups excluding carboxylic acids is 2. The monoisotopic (exact) mass is 303 g/mol. The van der Waals surface area contributed by atoms with Crippen molar-refractivity contribution in [2.45, 2.75) is 13.5 Å². The predicted molar refractivity (Wildman–Crippen MR) is 83.6 cm³/mol. The maximum atomic E-state index is 12.8. The molecule has 1 aromatic carbocycles. The summed E-state index contributed by atoms with van der Waals surface area (Å²) in [4.78, 5) is 33.6. The van der Waals surface area contributed by atoms with Gasteiger partial charge in [0.15, 0.2) is 0 Å². The minimum atomic E-state index is -0.290. The molecule has 1 aliphatic rings. The number of imidazole rings is 1. The first-order chi connectivity index (χ1) is 11.1. The second-order valence-electron chi connectivity index (χ2n) is 5.62. The number of nitrogens with zero attached hydrogens (tertiary/aromatic N) is 3. The third-order valence-corrected chi connectivity index (χ3v) is 3.95. The van der Waals surface area contributed by atoms with Crippen LogP contribution in [-0.2, 0) is 6.54 Å². The molecule has 0 saturated heterocycles. The van der Waals surface area contributed by atoms with Crippen molar-refractivity contribution in [2.75, 3.05) is 0 Å². The van der Waals surface area contributed by atoms with E-state index in [-0.39, 0.29) is 23.0 Å². The minimum absolute atomic E-state index is 0.190. The predicted octanol–water partition coefficient (Wildman–Crippen LogP) is 2.41. The molecule has 0 aliphatic heterocycles. The van der Waals surface area contributed by atoms with E-state index in [9.17, 15) is 9.59 Å². The first-order valence-electron chi connectivity index (χ1n) is 7.30. The molecule has 0 spiro atoms. The second kappa shape index (κ2) is 4.98. The highest BCUT2D eigenvalue weighted by atomic mass is 16.1. The Kier molecular flexibility index (Phi) is 2.94. The summed E-state index contributed by atoms with van der Waals surface area (Å²) in [6.07, 6.45) is 3.14. The smallest absolute Gasteiger partial charge is 0.232 e. The molecule has 1 aliphatic carbocycles. The lowest BCUT2D eigenvalue weighted by molar-refractivity contribution is 0.0967. The van der Waals surface area contributed by atoms with Crippen LogP contribution in [0.4, 0.5) is 0 Å². The average Bonchev–Trinajstić information content (AvgIpc) is 2.97. The quantitative estimate of drug-likeness (QED) is 0.570. The lowest BCUT2D eigenvalue weighted by Gasteiger charge is -2.15.